The molecule has 1 aliphatic rings. The van der Waals surface area contributed by atoms with Crippen molar-refractivity contribution in [2.45, 2.75) is 36.6 Å². The zero-order valence-electron chi connectivity index (χ0n) is 11.5. The van der Waals surface area contributed by atoms with Gasteiger partial charge in [-0.25, -0.2) is 0 Å². The average Bonchev–Trinajstić information content (AvgIpc) is 2.58. The number of aliphatic hydroxyl groups excluding tert-OH is 6. The lowest BCUT2D eigenvalue weighted by atomic mass is 9.85. The van der Waals surface area contributed by atoms with Gasteiger partial charge in [-0.3, -0.25) is 0 Å². The van der Waals surface area contributed by atoms with E-state index in [0.29, 0.717) is 0 Å². The Hall–Kier alpha value is 0.230. The maximum absolute atomic E-state index is 9.20. The number of halogens is 5. The maximum atomic E-state index is 9.20. The van der Waals surface area contributed by atoms with Gasteiger partial charge in [0.05, 0.1) is 15.1 Å². The Labute approximate surface area is 161 Å². The number of hydrogen-bond acceptors (Lipinski definition) is 7. The van der Waals surface area contributed by atoms with Crippen LogP contribution in [-0.4, -0.2) is 72.4 Å². The third-order valence-electron chi connectivity index (χ3n) is 3.29. The van der Waals surface area contributed by atoms with Crippen molar-refractivity contribution in [3.63, 3.8) is 0 Å². The first kappa shape index (κ1) is 22.3. The largest absolute Gasteiger partial charge is 0.505 e. The van der Waals surface area contributed by atoms with Crippen LogP contribution in [0.4, 0.5) is 0 Å². The van der Waals surface area contributed by atoms with E-state index in [1.165, 1.54) is 0 Å². The summed E-state index contributed by atoms with van der Waals surface area (Å²) in [4.78, 5) is 0. The first-order valence-corrected chi connectivity index (χ1v) is 8.11. The Kier molecular flexibility index (Phi) is 8.12. The van der Waals surface area contributed by atoms with E-state index in [2.05, 4.69) is 0 Å². The molecular weight excluding hydrogens is 433 g/mol. The minimum atomic E-state index is -1.64. The van der Waals surface area contributed by atoms with E-state index in [4.69, 9.17) is 88.6 Å². The van der Waals surface area contributed by atoms with Crippen LogP contribution < -0.4 is 0 Å². The number of phenolic OH excluding ortho intramolecular Hbond substituents is 1. The third kappa shape index (κ3) is 4.31. The molecule has 0 radical (unpaired) electrons. The van der Waals surface area contributed by atoms with Crippen molar-refractivity contribution in [2.75, 3.05) is 0 Å². The van der Waals surface area contributed by atoms with Crippen LogP contribution in [0.3, 0.4) is 0 Å². The summed E-state index contributed by atoms with van der Waals surface area (Å²) in [7, 11) is 0. The molecule has 0 unspecified atom stereocenters. The van der Waals surface area contributed by atoms with Gasteiger partial charge in [0.15, 0.2) is 5.75 Å². The van der Waals surface area contributed by atoms with Crippen LogP contribution in [0.1, 0.15) is 0 Å². The second-order valence-corrected chi connectivity index (χ2v) is 6.75. The van der Waals surface area contributed by atoms with Crippen molar-refractivity contribution in [3.05, 3.63) is 25.1 Å². The van der Waals surface area contributed by atoms with Crippen LogP contribution >= 0.6 is 58.0 Å². The molecule has 1 saturated carbocycles. The van der Waals surface area contributed by atoms with Crippen LogP contribution in [0.15, 0.2) is 0 Å². The normalized spacial score (nSPS) is 33.0. The SMILES string of the molecule is OC1C(O)C(O)C(O)C(O)C1O.Oc1c(Cl)c(Cl)c(Cl)c(Cl)c1Cl. The average molecular weight is 446 g/mol. The summed E-state index contributed by atoms with van der Waals surface area (Å²) in [6, 6.07) is 0. The molecule has 1 aromatic carbocycles. The number of aliphatic hydroxyl groups is 6. The lowest BCUT2D eigenvalue weighted by molar-refractivity contribution is -0.223. The number of aromatic hydroxyl groups is 1. The van der Waals surface area contributed by atoms with Crippen LogP contribution in [0, 0.1) is 0 Å². The van der Waals surface area contributed by atoms with Crippen molar-refractivity contribution >= 4 is 58.0 Å². The molecule has 0 aromatic heterocycles. The number of rotatable bonds is 0. The molecule has 138 valence electrons. The Balaban J connectivity index is 0.000000240. The second kappa shape index (κ2) is 8.75. The molecule has 0 aliphatic heterocycles. The highest BCUT2D eigenvalue weighted by molar-refractivity contribution is 6.55. The van der Waals surface area contributed by atoms with Crippen molar-refractivity contribution in [1.82, 2.24) is 0 Å². The summed E-state index contributed by atoms with van der Waals surface area (Å²) in [5.74, 6) is -0.363. The van der Waals surface area contributed by atoms with Gasteiger partial charge < -0.3 is 35.7 Å². The fraction of sp³-hybridized carbons (Fsp3) is 0.500. The molecule has 12 heteroatoms. The van der Waals surface area contributed by atoms with Gasteiger partial charge in [0, 0.05) is 0 Å². The summed E-state index contributed by atoms with van der Waals surface area (Å²) in [6.45, 7) is 0. The van der Waals surface area contributed by atoms with Crippen LogP contribution in [-0.2, 0) is 0 Å². The molecule has 0 saturated heterocycles. The van der Waals surface area contributed by atoms with E-state index < -0.39 is 36.6 Å². The molecule has 2 rings (SSSR count). The maximum Gasteiger partial charge on any atom is 0.155 e. The molecule has 7 nitrogen and oxygen atoms in total. The lowest BCUT2D eigenvalue weighted by Crippen LogP contribution is -2.63. The molecule has 0 atom stereocenters. The van der Waals surface area contributed by atoms with Gasteiger partial charge in [0.2, 0.25) is 0 Å². The molecule has 1 fully saturated rings. The first-order chi connectivity index (χ1) is 10.9. The predicted molar refractivity (Wildman–Crippen MR) is 89.2 cm³/mol. The summed E-state index contributed by atoms with van der Waals surface area (Å²) >= 11 is 27.9. The van der Waals surface area contributed by atoms with E-state index in [1.807, 2.05) is 0 Å². The molecule has 7 N–H and O–H groups in total. The zero-order chi connectivity index (χ0) is 18.9. The van der Waals surface area contributed by atoms with Crippen molar-refractivity contribution in [3.8, 4) is 5.75 Å². The second-order valence-electron chi connectivity index (χ2n) is 4.86. The van der Waals surface area contributed by atoms with Gasteiger partial charge in [0.25, 0.3) is 0 Å². The Morgan fingerprint density at radius 1 is 0.417 bits per heavy atom. The van der Waals surface area contributed by atoms with Gasteiger partial charge in [-0.05, 0) is 0 Å². The molecule has 1 aromatic rings. The number of benzene rings is 1. The van der Waals surface area contributed by atoms with Crippen LogP contribution in [0.2, 0.25) is 25.1 Å². The third-order valence-corrected chi connectivity index (χ3v) is 5.54. The highest BCUT2D eigenvalue weighted by atomic mass is 35.5. The fourth-order valence-corrected chi connectivity index (χ4v) is 2.93. The van der Waals surface area contributed by atoms with E-state index in [1.54, 1.807) is 0 Å². The minimum absolute atomic E-state index is 0.00904. The van der Waals surface area contributed by atoms with Crippen LogP contribution in [0.5, 0.6) is 5.75 Å². The molecule has 1 aliphatic carbocycles. The zero-order valence-corrected chi connectivity index (χ0v) is 15.3. The van der Waals surface area contributed by atoms with E-state index >= 15 is 0 Å². The summed E-state index contributed by atoms with van der Waals surface area (Å²) in [6.07, 6.45) is -9.84. The number of phenols is 1. The highest BCUT2D eigenvalue weighted by Gasteiger charge is 2.47. The van der Waals surface area contributed by atoms with Gasteiger partial charge in [-0.15, -0.1) is 0 Å². The number of hydrogen-bond donors (Lipinski definition) is 7. The standard InChI is InChI=1S/C6HCl5O.C6H12O6/c2*7-1-2(8)4(10)6(12)5(11)3(1)9/h12H;1-12H. The molecule has 0 heterocycles. The Morgan fingerprint density at radius 2 is 0.583 bits per heavy atom. The Morgan fingerprint density at radius 3 is 0.792 bits per heavy atom. The lowest BCUT2D eigenvalue weighted by Gasteiger charge is -2.39. The monoisotopic (exact) mass is 444 g/mol. The van der Waals surface area contributed by atoms with E-state index in [9.17, 15) is 5.11 Å². The molecular formula is C12H13Cl5O7. The summed E-state index contributed by atoms with van der Waals surface area (Å²) in [5.41, 5.74) is 0. The minimum Gasteiger partial charge on any atom is -0.505 e. The van der Waals surface area contributed by atoms with Gasteiger partial charge in [-0.2, -0.15) is 0 Å². The molecule has 0 amide bonds. The van der Waals surface area contributed by atoms with Gasteiger partial charge in [-0.1, -0.05) is 58.0 Å². The van der Waals surface area contributed by atoms with E-state index in [-0.39, 0.29) is 30.9 Å². The van der Waals surface area contributed by atoms with Crippen LogP contribution in [0.25, 0.3) is 0 Å². The molecule has 24 heavy (non-hydrogen) atoms. The smallest absolute Gasteiger partial charge is 0.155 e. The first-order valence-electron chi connectivity index (χ1n) is 6.22. The van der Waals surface area contributed by atoms with Crippen molar-refractivity contribution in [2.24, 2.45) is 0 Å². The highest BCUT2D eigenvalue weighted by Crippen LogP contribution is 2.47. The topological polar surface area (TPSA) is 142 Å². The summed E-state index contributed by atoms with van der Waals surface area (Å²) in [5, 5.41) is 62.9. The molecule has 0 bridgehead atoms. The Bertz CT molecular complexity index is 438. The van der Waals surface area contributed by atoms with Crippen molar-refractivity contribution in [1.29, 1.82) is 0 Å². The van der Waals surface area contributed by atoms with Crippen molar-refractivity contribution < 1.29 is 35.7 Å². The predicted octanol–water partition coefficient (Wildman–Crippen LogP) is 0.825. The fourth-order valence-electron chi connectivity index (χ4n) is 1.81. The molecule has 0 spiro atoms. The van der Waals surface area contributed by atoms with Gasteiger partial charge in [0.1, 0.15) is 46.7 Å². The van der Waals surface area contributed by atoms with E-state index in [0.717, 1.165) is 0 Å². The summed E-state index contributed by atoms with van der Waals surface area (Å²) < 4.78 is 0. The quantitative estimate of drug-likeness (QED) is 0.231. The van der Waals surface area contributed by atoms with Gasteiger partial charge >= 0.3 is 0 Å².